The average molecular weight is 437 g/mol. The van der Waals surface area contributed by atoms with E-state index in [2.05, 4.69) is 15.0 Å². The number of hydrogen-bond acceptors (Lipinski definition) is 4. The standard InChI is InChI=1S/C23H24N4O3S/c1-16-14-21(17(2)27(16)19-9-4-3-5-10-19)23(28)25-18-8-6-11-20(15-18)31(29,30)26-22-12-7-13-24-22/h3-6,8-11,14-15H,7,12-13H2,1-2H3,(H,24,26)(H,25,28). The van der Waals surface area contributed by atoms with Gasteiger partial charge in [0.1, 0.15) is 5.84 Å². The van der Waals surface area contributed by atoms with Gasteiger partial charge < -0.3 is 9.88 Å². The molecule has 0 spiro atoms. The number of hydrogen-bond donors (Lipinski definition) is 2. The van der Waals surface area contributed by atoms with Crippen molar-refractivity contribution in [1.29, 1.82) is 0 Å². The minimum atomic E-state index is -3.75. The van der Waals surface area contributed by atoms with Gasteiger partial charge in [0.2, 0.25) is 0 Å². The second-order valence-electron chi connectivity index (χ2n) is 7.48. The molecule has 7 nitrogen and oxygen atoms in total. The predicted molar refractivity (Wildman–Crippen MR) is 121 cm³/mol. The van der Waals surface area contributed by atoms with E-state index < -0.39 is 10.0 Å². The third-order valence-electron chi connectivity index (χ3n) is 5.22. The van der Waals surface area contributed by atoms with Crippen LogP contribution in [0.2, 0.25) is 0 Å². The molecular formula is C23H24N4O3S. The van der Waals surface area contributed by atoms with Gasteiger partial charge in [-0.25, -0.2) is 8.42 Å². The van der Waals surface area contributed by atoms with Gasteiger partial charge in [0.15, 0.2) is 0 Å². The van der Waals surface area contributed by atoms with Gasteiger partial charge >= 0.3 is 0 Å². The molecule has 1 aliphatic rings. The summed E-state index contributed by atoms with van der Waals surface area (Å²) in [5.74, 6) is 0.181. The van der Waals surface area contributed by atoms with Crippen LogP contribution < -0.4 is 10.0 Å². The first kappa shape index (κ1) is 20.9. The molecule has 0 atom stereocenters. The number of benzene rings is 2. The molecule has 3 aromatic rings. The number of rotatable bonds is 5. The van der Waals surface area contributed by atoms with Crippen molar-refractivity contribution in [3.05, 3.63) is 77.6 Å². The Morgan fingerprint density at radius 1 is 1.03 bits per heavy atom. The molecule has 0 saturated carbocycles. The molecule has 4 rings (SSSR count). The number of aryl methyl sites for hydroxylation is 1. The summed E-state index contributed by atoms with van der Waals surface area (Å²) in [4.78, 5) is 17.2. The van der Waals surface area contributed by atoms with Crippen LogP contribution in [0.3, 0.4) is 0 Å². The number of carbonyl (C=O) groups excluding carboxylic acids is 1. The Labute approximate surface area is 181 Å². The smallest absolute Gasteiger partial charge is 0.262 e. The van der Waals surface area contributed by atoms with Crippen molar-refractivity contribution in [2.24, 2.45) is 4.99 Å². The molecule has 8 heteroatoms. The van der Waals surface area contributed by atoms with Crippen LogP contribution in [0.1, 0.15) is 34.6 Å². The largest absolute Gasteiger partial charge is 0.322 e. The first-order valence-corrected chi connectivity index (χ1v) is 11.6. The van der Waals surface area contributed by atoms with Crippen molar-refractivity contribution in [2.45, 2.75) is 31.6 Å². The quantitative estimate of drug-likeness (QED) is 0.637. The van der Waals surface area contributed by atoms with Crippen LogP contribution in [0.25, 0.3) is 5.69 Å². The highest BCUT2D eigenvalue weighted by atomic mass is 32.2. The van der Waals surface area contributed by atoms with Gasteiger partial charge in [-0.2, -0.15) is 0 Å². The van der Waals surface area contributed by atoms with E-state index in [0.29, 0.717) is 30.1 Å². The summed E-state index contributed by atoms with van der Waals surface area (Å²) in [6.45, 7) is 4.47. The van der Waals surface area contributed by atoms with Crippen molar-refractivity contribution >= 4 is 27.5 Å². The van der Waals surface area contributed by atoms with E-state index in [0.717, 1.165) is 23.5 Å². The highest BCUT2D eigenvalue weighted by Gasteiger charge is 2.20. The third-order valence-corrected chi connectivity index (χ3v) is 6.60. The fourth-order valence-electron chi connectivity index (χ4n) is 3.74. The van der Waals surface area contributed by atoms with Crippen LogP contribution >= 0.6 is 0 Å². The number of nitrogens with one attached hydrogen (secondary N) is 2. The normalized spacial score (nSPS) is 13.7. The molecule has 0 saturated heterocycles. The summed E-state index contributed by atoms with van der Waals surface area (Å²) in [7, 11) is -3.75. The lowest BCUT2D eigenvalue weighted by Crippen LogP contribution is -2.29. The van der Waals surface area contributed by atoms with Crippen molar-refractivity contribution in [2.75, 3.05) is 11.9 Å². The summed E-state index contributed by atoms with van der Waals surface area (Å²) in [6, 6.07) is 17.9. The van der Waals surface area contributed by atoms with Gasteiger partial charge in [0, 0.05) is 35.7 Å². The number of anilines is 1. The van der Waals surface area contributed by atoms with Crippen molar-refractivity contribution in [1.82, 2.24) is 9.29 Å². The Morgan fingerprint density at radius 2 is 1.81 bits per heavy atom. The average Bonchev–Trinajstić information content (AvgIpc) is 3.35. The lowest BCUT2D eigenvalue weighted by molar-refractivity contribution is 0.102. The van der Waals surface area contributed by atoms with Gasteiger partial charge in [0.05, 0.1) is 10.5 Å². The van der Waals surface area contributed by atoms with Crippen LogP contribution in [0, 0.1) is 13.8 Å². The molecule has 0 bridgehead atoms. The van der Waals surface area contributed by atoms with Crippen molar-refractivity contribution < 1.29 is 13.2 Å². The zero-order chi connectivity index (χ0) is 22.0. The fraction of sp³-hybridized carbons (Fsp3) is 0.217. The summed E-state index contributed by atoms with van der Waals surface area (Å²) < 4.78 is 29.8. The van der Waals surface area contributed by atoms with E-state index in [9.17, 15) is 13.2 Å². The summed E-state index contributed by atoms with van der Waals surface area (Å²) in [5, 5.41) is 2.82. The molecule has 0 aliphatic carbocycles. The topological polar surface area (TPSA) is 92.6 Å². The molecule has 0 radical (unpaired) electrons. The lowest BCUT2D eigenvalue weighted by Gasteiger charge is -2.11. The third kappa shape index (κ3) is 4.39. The van der Waals surface area contributed by atoms with E-state index in [1.807, 2.05) is 54.8 Å². The molecule has 0 fully saturated rings. The van der Waals surface area contributed by atoms with Gasteiger partial charge in [-0.3, -0.25) is 14.5 Å². The number of amides is 1. The molecule has 0 unspecified atom stereocenters. The zero-order valence-corrected chi connectivity index (χ0v) is 18.2. The van der Waals surface area contributed by atoms with Gasteiger partial charge in [0.25, 0.3) is 15.9 Å². The number of nitrogens with zero attached hydrogens (tertiary/aromatic N) is 2. The predicted octanol–water partition coefficient (Wildman–Crippen LogP) is 3.82. The van der Waals surface area contributed by atoms with Crippen LogP contribution in [0.4, 0.5) is 5.69 Å². The minimum absolute atomic E-state index is 0.0784. The second-order valence-corrected chi connectivity index (χ2v) is 9.16. The number of aromatic nitrogens is 1. The summed E-state index contributed by atoms with van der Waals surface area (Å²) in [5.41, 5.74) is 3.67. The highest BCUT2D eigenvalue weighted by Crippen LogP contribution is 2.23. The molecule has 1 aliphatic heterocycles. The first-order valence-electron chi connectivity index (χ1n) is 10.1. The Bertz CT molecular complexity index is 1260. The number of amidine groups is 1. The molecule has 2 N–H and O–H groups in total. The van der Waals surface area contributed by atoms with E-state index in [-0.39, 0.29) is 10.8 Å². The highest BCUT2D eigenvalue weighted by molar-refractivity contribution is 7.90. The maximum Gasteiger partial charge on any atom is 0.262 e. The molecular weight excluding hydrogens is 412 g/mol. The summed E-state index contributed by atoms with van der Waals surface area (Å²) >= 11 is 0. The Morgan fingerprint density at radius 3 is 2.52 bits per heavy atom. The number of para-hydroxylation sites is 1. The maximum atomic E-state index is 13.0. The number of carbonyl (C=O) groups is 1. The zero-order valence-electron chi connectivity index (χ0n) is 17.4. The Kier molecular flexibility index (Phi) is 5.65. The minimum Gasteiger partial charge on any atom is -0.322 e. The van der Waals surface area contributed by atoms with Crippen LogP contribution in [0.15, 0.2) is 70.6 Å². The van der Waals surface area contributed by atoms with E-state index in [4.69, 9.17) is 0 Å². The van der Waals surface area contributed by atoms with E-state index >= 15 is 0 Å². The number of sulfonamides is 1. The Hall–Kier alpha value is -3.39. The first-order chi connectivity index (χ1) is 14.8. The monoisotopic (exact) mass is 436 g/mol. The maximum absolute atomic E-state index is 13.0. The molecule has 1 aromatic heterocycles. The van der Waals surface area contributed by atoms with Crippen LogP contribution in [-0.4, -0.2) is 31.3 Å². The molecule has 2 heterocycles. The Balaban J connectivity index is 1.57. The summed E-state index contributed by atoms with van der Waals surface area (Å²) in [6.07, 6.45) is 1.46. The van der Waals surface area contributed by atoms with E-state index in [1.165, 1.54) is 12.1 Å². The van der Waals surface area contributed by atoms with Gasteiger partial charge in [-0.15, -0.1) is 0 Å². The molecule has 1 amide bonds. The van der Waals surface area contributed by atoms with Crippen molar-refractivity contribution in [3.63, 3.8) is 0 Å². The van der Waals surface area contributed by atoms with Crippen LogP contribution in [-0.2, 0) is 10.0 Å². The molecule has 31 heavy (non-hydrogen) atoms. The van der Waals surface area contributed by atoms with Crippen LogP contribution in [0.5, 0.6) is 0 Å². The van der Waals surface area contributed by atoms with Crippen molar-refractivity contribution in [3.8, 4) is 5.69 Å². The van der Waals surface area contributed by atoms with E-state index in [1.54, 1.807) is 12.1 Å². The lowest BCUT2D eigenvalue weighted by atomic mass is 10.2. The van der Waals surface area contributed by atoms with Gasteiger partial charge in [-0.05, 0) is 56.7 Å². The molecule has 2 aromatic carbocycles. The van der Waals surface area contributed by atoms with Gasteiger partial charge in [-0.1, -0.05) is 24.3 Å². The number of aliphatic imine (C=N–C) groups is 1. The fourth-order valence-corrected chi connectivity index (χ4v) is 4.88. The second kappa shape index (κ2) is 8.39. The SMILES string of the molecule is Cc1cc(C(=O)Nc2cccc(S(=O)(=O)NC3=NCCC3)c2)c(C)n1-c1ccccc1. The molecule has 160 valence electrons.